The van der Waals surface area contributed by atoms with Gasteiger partial charge in [-0.25, -0.2) is 13.4 Å². The summed E-state index contributed by atoms with van der Waals surface area (Å²) in [6, 6.07) is 10.8. The quantitative estimate of drug-likeness (QED) is 0.662. The Morgan fingerprint density at radius 1 is 1.04 bits per heavy atom. The van der Waals surface area contributed by atoms with Crippen LogP contribution in [-0.4, -0.2) is 25.1 Å². The molecular weight excluding hydrogens is 380 g/mol. The van der Waals surface area contributed by atoms with Gasteiger partial charge < -0.3 is 5.32 Å². The number of hydrogen-bond donors (Lipinski definition) is 1. The Balaban J connectivity index is 1.59. The van der Waals surface area contributed by atoms with Crippen molar-refractivity contribution in [1.82, 2.24) is 4.98 Å². The molecule has 7 heteroatoms. The summed E-state index contributed by atoms with van der Waals surface area (Å²) in [5, 5.41) is 3.34. The van der Waals surface area contributed by atoms with Gasteiger partial charge in [0.15, 0.2) is 15.0 Å². The molecule has 2 aromatic carbocycles. The van der Waals surface area contributed by atoms with Gasteiger partial charge in [0, 0.05) is 6.42 Å². The minimum absolute atomic E-state index is 0.0540. The molecule has 142 valence electrons. The summed E-state index contributed by atoms with van der Waals surface area (Å²) >= 11 is 1.44. The first-order valence-corrected chi connectivity index (χ1v) is 11.2. The van der Waals surface area contributed by atoms with E-state index < -0.39 is 9.84 Å². The van der Waals surface area contributed by atoms with Crippen LogP contribution in [0.1, 0.15) is 29.5 Å². The maximum atomic E-state index is 12.3. The Kier molecular flexibility index (Phi) is 5.62. The normalized spacial score (nSPS) is 11.7. The molecule has 0 aliphatic carbocycles. The molecule has 0 bridgehead atoms. The molecule has 5 nitrogen and oxygen atoms in total. The number of benzene rings is 2. The van der Waals surface area contributed by atoms with Crippen LogP contribution in [0.4, 0.5) is 5.13 Å². The summed E-state index contributed by atoms with van der Waals surface area (Å²) in [7, 11) is -3.37. The summed E-state index contributed by atoms with van der Waals surface area (Å²) < 4.78 is 25.7. The molecule has 0 fully saturated rings. The number of amides is 1. The minimum Gasteiger partial charge on any atom is -0.302 e. The van der Waals surface area contributed by atoms with Crippen molar-refractivity contribution in [3.8, 4) is 0 Å². The first kappa shape index (κ1) is 19.5. The molecule has 0 aliphatic heterocycles. The van der Waals surface area contributed by atoms with Crippen LogP contribution in [-0.2, 0) is 14.6 Å². The van der Waals surface area contributed by atoms with E-state index in [0.29, 0.717) is 10.0 Å². The van der Waals surface area contributed by atoms with Crippen LogP contribution in [0.2, 0.25) is 0 Å². The third-order valence-electron chi connectivity index (χ3n) is 4.39. The zero-order chi connectivity index (χ0) is 19.6. The minimum atomic E-state index is -3.37. The first-order valence-electron chi connectivity index (χ1n) is 8.72. The van der Waals surface area contributed by atoms with Crippen molar-refractivity contribution in [2.45, 2.75) is 38.5 Å². The van der Waals surface area contributed by atoms with Crippen LogP contribution >= 0.6 is 11.3 Å². The molecule has 1 aromatic heterocycles. The van der Waals surface area contributed by atoms with Gasteiger partial charge in [0.1, 0.15) is 0 Å². The molecule has 1 heterocycles. The number of aryl methyl sites for hydroxylation is 3. The summed E-state index contributed by atoms with van der Waals surface area (Å²) in [4.78, 5) is 17.0. The molecule has 3 aromatic rings. The Morgan fingerprint density at radius 2 is 1.70 bits per heavy atom. The summed E-state index contributed by atoms with van der Waals surface area (Å²) in [6.45, 7) is 5.91. The van der Waals surface area contributed by atoms with Gasteiger partial charge in [-0.2, -0.15) is 0 Å². The highest BCUT2D eigenvalue weighted by Crippen LogP contribution is 2.30. The van der Waals surface area contributed by atoms with Crippen LogP contribution in [0.5, 0.6) is 0 Å². The van der Waals surface area contributed by atoms with Crippen molar-refractivity contribution in [2.24, 2.45) is 0 Å². The molecule has 0 atom stereocenters. The van der Waals surface area contributed by atoms with Crippen LogP contribution in [0.3, 0.4) is 0 Å². The third-order valence-corrected chi connectivity index (χ3v) is 7.31. The number of nitrogens with one attached hydrogen (secondary N) is 1. The maximum absolute atomic E-state index is 12.3. The van der Waals surface area contributed by atoms with Gasteiger partial charge in [-0.3, -0.25) is 4.79 Å². The highest BCUT2D eigenvalue weighted by molar-refractivity contribution is 7.91. The predicted molar refractivity (Wildman–Crippen MR) is 110 cm³/mol. The molecule has 27 heavy (non-hydrogen) atoms. The van der Waals surface area contributed by atoms with E-state index in [1.807, 2.05) is 32.9 Å². The van der Waals surface area contributed by atoms with Crippen molar-refractivity contribution in [2.75, 3.05) is 11.1 Å². The van der Waals surface area contributed by atoms with Crippen molar-refractivity contribution in [3.05, 3.63) is 53.1 Å². The molecule has 0 saturated heterocycles. The molecular formula is C20H22N2O3S2. The molecule has 3 rings (SSSR count). The average Bonchev–Trinajstić information content (AvgIpc) is 3.03. The Morgan fingerprint density at radius 3 is 2.37 bits per heavy atom. The summed E-state index contributed by atoms with van der Waals surface area (Å²) in [5.74, 6) is -0.273. The number of rotatable bonds is 6. The lowest BCUT2D eigenvalue weighted by Gasteiger charge is -2.05. The lowest BCUT2D eigenvalue weighted by atomic mass is 10.1. The number of sulfone groups is 1. The van der Waals surface area contributed by atoms with Gasteiger partial charge >= 0.3 is 0 Å². The lowest BCUT2D eigenvalue weighted by molar-refractivity contribution is -0.116. The molecule has 1 N–H and O–H groups in total. The second-order valence-electron chi connectivity index (χ2n) is 6.68. The smallest absolute Gasteiger partial charge is 0.226 e. The van der Waals surface area contributed by atoms with Gasteiger partial charge in [-0.15, -0.1) is 0 Å². The number of aromatic nitrogens is 1. The summed E-state index contributed by atoms with van der Waals surface area (Å²) in [5.41, 5.74) is 4.10. The molecule has 0 saturated carbocycles. The van der Waals surface area contributed by atoms with Gasteiger partial charge in [-0.05, 0) is 50.5 Å². The zero-order valence-electron chi connectivity index (χ0n) is 15.6. The third kappa shape index (κ3) is 4.54. The van der Waals surface area contributed by atoms with Crippen LogP contribution in [0.15, 0.2) is 41.3 Å². The molecule has 0 unspecified atom stereocenters. The number of carbonyl (C=O) groups is 1. The van der Waals surface area contributed by atoms with E-state index in [4.69, 9.17) is 0 Å². The number of thiazole rings is 1. The lowest BCUT2D eigenvalue weighted by Crippen LogP contribution is -2.14. The highest BCUT2D eigenvalue weighted by atomic mass is 32.2. The fraction of sp³-hybridized carbons (Fsp3) is 0.300. The molecule has 1 amide bonds. The van der Waals surface area contributed by atoms with Crippen LogP contribution in [0, 0.1) is 20.8 Å². The maximum Gasteiger partial charge on any atom is 0.226 e. The Bertz CT molecular complexity index is 1050. The second kappa shape index (κ2) is 7.78. The monoisotopic (exact) mass is 402 g/mol. The number of carbonyl (C=O) groups excluding carboxylic acids is 1. The molecule has 0 aliphatic rings. The first-order chi connectivity index (χ1) is 12.8. The number of hydrogen-bond acceptors (Lipinski definition) is 5. The largest absolute Gasteiger partial charge is 0.302 e. The highest BCUT2D eigenvalue weighted by Gasteiger charge is 2.16. The predicted octanol–water partition coefficient (Wildman–Crippen LogP) is 4.41. The van der Waals surface area contributed by atoms with Gasteiger partial charge in [0.25, 0.3) is 0 Å². The molecule has 0 spiro atoms. The average molecular weight is 403 g/mol. The molecule has 0 radical (unpaired) electrons. The van der Waals surface area contributed by atoms with Gasteiger partial charge in [-0.1, -0.05) is 41.2 Å². The van der Waals surface area contributed by atoms with Gasteiger partial charge in [0.2, 0.25) is 5.91 Å². The second-order valence-corrected chi connectivity index (χ2v) is 9.79. The van der Waals surface area contributed by atoms with Crippen LogP contribution < -0.4 is 5.32 Å². The number of anilines is 1. The van der Waals surface area contributed by atoms with E-state index in [0.717, 1.165) is 26.9 Å². The van der Waals surface area contributed by atoms with E-state index in [1.54, 1.807) is 24.3 Å². The SMILES string of the molecule is Cc1ccc(S(=O)(=O)CCCC(=O)Nc2nc3c(C)ccc(C)c3s2)cc1. The van der Waals surface area contributed by atoms with E-state index in [-0.39, 0.29) is 24.5 Å². The van der Waals surface area contributed by atoms with E-state index in [1.165, 1.54) is 11.3 Å². The standard InChI is InChI=1S/C20H22N2O3S2/c1-13-6-10-16(11-7-13)27(24,25)12-4-5-17(23)21-20-22-18-14(2)8-9-15(3)19(18)26-20/h6-11H,4-5,12H2,1-3H3,(H,21,22,23). The topological polar surface area (TPSA) is 76.1 Å². The van der Waals surface area contributed by atoms with Crippen molar-refractivity contribution < 1.29 is 13.2 Å². The summed E-state index contributed by atoms with van der Waals surface area (Å²) in [6.07, 6.45) is 0.407. The Hall–Kier alpha value is -2.25. The fourth-order valence-corrected chi connectivity index (χ4v) is 5.12. The zero-order valence-corrected chi connectivity index (χ0v) is 17.2. The van der Waals surface area contributed by atoms with Crippen molar-refractivity contribution in [3.63, 3.8) is 0 Å². The van der Waals surface area contributed by atoms with E-state index >= 15 is 0 Å². The Labute approximate surface area is 163 Å². The van der Waals surface area contributed by atoms with Gasteiger partial charge in [0.05, 0.1) is 20.9 Å². The fourth-order valence-electron chi connectivity index (χ4n) is 2.78. The van der Waals surface area contributed by atoms with Crippen LogP contribution in [0.25, 0.3) is 10.2 Å². The van der Waals surface area contributed by atoms with Crippen molar-refractivity contribution in [1.29, 1.82) is 0 Å². The number of fused-ring (bicyclic) bond motifs is 1. The number of nitrogens with zero attached hydrogens (tertiary/aromatic N) is 1. The van der Waals surface area contributed by atoms with E-state index in [9.17, 15) is 13.2 Å². The van der Waals surface area contributed by atoms with Crippen molar-refractivity contribution >= 4 is 42.4 Å². The van der Waals surface area contributed by atoms with E-state index in [2.05, 4.69) is 10.3 Å².